The third-order valence-electron chi connectivity index (χ3n) is 4.27. The molecule has 0 aliphatic carbocycles. The van der Waals surface area contributed by atoms with Crippen molar-refractivity contribution in [2.24, 2.45) is 0 Å². The minimum absolute atomic E-state index is 0.310. The van der Waals surface area contributed by atoms with Crippen LogP contribution in [0.2, 0.25) is 0 Å². The average molecular weight is 252 g/mol. The van der Waals surface area contributed by atoms with E-state index >= 15 is 0 Å². The molecule has 4 heteroatoms. The molecule has 1 aromatic rings. The lowest BCUT2D eigenvalue weighted by Gasteiger charge is -2.40. The van der Waals surface area contributed by atoms with Gasteiger partial charge in [0.2, 0.25) is 0 Å². The summed E-state index contributed by atoms with van der Waals surface area (Å²) in [7, 11) is 0. The smallest absolute Gasteiger partial charge is 0.0984 e. The summed E-state index contributed by atoms with van der Waals surface area (Å²) in [6.07, 6.45) is 5.62. The molecule has 2 fully saturated rings. The van der Waals surface area contributed by atoms with Gasteiger partial charge in [-0.25, -0.2) is 4.98 Å². The zero-order chi connectivity index (χ0) is 11.7. The van der Waals surface area contributed by atoms with Gasteiger partial charge >= 0.3 is 0 Å². The van der Waals surface area contributed by atoms with Crippen molar-refractivity contribution < 1.29 is 4.74 Å². The first-order chi connectivity index (χ1) is 8.28. The number of aromatic nitrogens is 1. The molecule has 1 atom stereocenters. The molecule has 0 spiro atoms. The Morgan fingerprint density at radius 2 is 2.29 bits per heavy atom. The monoisotopic (exact) mass is 252 g/mol. The van der Waals surface area contributed by atoms with Crippen LogP contribution in [0.1, 0.15) is 31.2 Å². The Bertz CT molecular complexity index is 352. The number of hydrogen-bond acceptors (Lipinski definition) is 4. The zero-order valence-corrected chi connectivity index (χ0v) is 11.2. The molecule has 0 N–H and O–H groups in total. The van der Waals surface area contributed by atoms with Crippen molar-refractivity contribution in [2.45, 2.75) is 37.6 Å². The number of nitrogens with zero attached hydrogens (tertiary/aromatic N) is 2. The van der Waals surface area contributed by atoms with Gasteiger partial charge in [-0.15, -0.1) is 11.3 Å². The molecule has 2 aliphatic heterocycles. The first-order valence-electron chi connectivity index (χ1n) is 6.50. The van der Waals surface area contributed by atoms with E-state index in [4.69, 9.17) is 4.74 Å². The molecular formula is C13H20N2OS. The number of ether oxygens (including phenoxy) is 1. The first kappa shape index (κ1) is 11.6. The summed E-state index contributed by atoms with van der Waals surface area (Å²) in [5.41, 5.74) is 0.310. The molecule has 17 heavy (non-hydrogen) atoms. The van der Waals surface area contributed by atoms with E-state index in [1.807, 2.05) is 17.5 Å². The van der Waals surface area contributed by atoms with Gasteiger partial charge in [0.15, 0.2) is 0 Å². The third kappa shape index (κ3) is 2.26. The minimum atomic E-state index is 0.310. The van der Waals surface area contributed by atoms with Crippen LogP contribution >= 0.6 is 11.3 Å². The Morgan fingerprint density at radius 3 is 2.88 bits per heavy atom. The van der Waals surface area contributed by atoms with Gasteiger partial charge in [0, 0.05) is 29.6 Å². The zero-order valence-electron chi connectivity index (χ0n) is 10.4. The summed E-state index contributed by atoms with van der Waals surface area (Å²) in [5.74, 6) is 0. The predicted molar refractivity (Wildman–Crippen MR) is 69.5 cm³/mol. The van der Waals surface area contributed by atoms with Crippen LogP contribution in [0.15, 0.2) is 11.6 Å². The number of piperidine rings is 1. The van der Waals surface area contributed by atoms with Crippen LogP contribution in [0.5, 0.6) is 0 Å². The molecule has 2 aliphatic rings. The molecule has 0 saturated carbocycles. The van der Waals surface area contributed by atoms with E-state index in [0.29, 0.717) is 11.5 Å². The van der Waals surface area contributed by atoms with Crippen LogP contribution in [0.3, 0.4) is 0 Å². The maximum absolute atomic E-state index is 5.48. The number of hydrogen-bond donors (Lipinski definition) is 0. The highest BCUT2D eigenvalue weighted by Gasteiger charge is 2.36. The van der Waals surface area contributed by atoms with Gasteiger partial charge in [0.05, 0.1) is 11.6 Å². The van der Waals surface area contributed by atoms with E-state index in [2.05, 4.69) is 22.2 Å². The van der Waals surface area contributed by atoms with Crippen molar-refractivity contribution in [1.29, 1.82) is 0 Å². The van der Waals surface area contributed by atoms with E-state index in [-0.39, 0.29) is 0 Å². The molecule has 1 aromatic heterocycles. The van der Waals surface area contributed by atoms with Crippen LogP contribution in [0.4, 0.5) is 0 Å². The molecule has 0 unspecified atom stereocenters. The summed E-state index contributed by atoms with van der Waals surface area (Å²) in [4.78, 5) is 7.12. The van der Waals surface area contributed by atoms with E-state index in [1.54, 1.807) is 0 Å². The highest BCUT2D eigenvalue weighted by atomic mass is 32.1. The molecule has 3 rings (SSSR count). The lowest BCUT2D eigenvalue weighted by atomic mass is 9.80. The van der Waals surface area contributed by atoms with Crippen LogP contribution < -0.4 is 0 Å². The summed E-state index contributed by atoms with van der Waals surface area (Å²) >= 11 is 1.81. The maximum atomic E-state index is 5.48. The highest BCUT2D eigenvalue weighted by Crippen LogP contribution is 2.37. The second-order valence-corrected chi connectivity index (χ2v) is 6.35. The maximum Gasteiger partial charge on any atom is 0.0984 e. The second-order valence-electron chi connectivity index (χ2n) is 5.45. The lowest BCUT2D eigenvalue weighted by molar-refractivity contribution is 0.102. The molecule has 0 radical (unpaired) electrons. The summed E-state index contributed by atoms with van der Waals surface area (Å²) < 4.78 is 5.48. The Labute approximate surface area is 107 Å². The molecule has 3 nitrogen and oxygen atoms in total. The van der Waals surface area contributed by atoms with Crippen LogP contribution in [0.25, 0.3) is 0 Å². The van der Waals surface area contributed by atoms with Gasteiger partial charge in [0.25, 0.3) is 0 Å². The van der Waals surface area contributed by atoms with E-state index in [0.717, 1.165) is 13.2 Å². The SMILES string of the molecule is CC1(c2nccs2)CCN([C@@H]2CCOC2)CC1. The van der Waals surface area contributed by atoms with Crippen molar-refractivity contribution >= 4 is 11.3 Å². The Hall–Kier alpha value is -0.450. The molecular weight excluding hydrogens is 232 g/mol. The van der Waals surface area contributed by atoms with E-state index in [9.17, 15) is 0 Å². The molecule has 0 aromatic carbocycles. The van der Waals surface area contributed by atoms with Crippen molar-refractivity contribution in [3.8, 4) is 0 Å². The molecule has 0 amide bonds. The van der Waals surface area contributed by atoms with Gasteiger partial charge < -0.3 is 4.74 Å². The Kier molecular flexibility index (Phi) is 3.19. The van der Waals surface area contributed by atoms with Crippen molar-refractivity contribution in [3.05, 3.63) is 16.6 Å². The molecule has 0 bridgehead atoms. The largest absolute Gasteiger partial charge is 0.380 e. The standard InChI is InChI=1S/C13H20N2OS/c1-13(12-14-5-9-17-12)3-6-15(7-4-13)11-2-8-16-10-11/h5,9,11H,2-4,6-8,10H2,1H3/t11-/m1/s1. The Morgan fingerprint density at radius 1 is 1.47 bits per heavy atom. The summed E-state index contributed by atoms with van der Waals surface area (Å²) in [6, 6.07) is 0.677. The normalized spacial score (nSPS) is 29.6. The summed E-state index contributed by atoms with van der Waals surface area (Å²) in [6.45, 7) is 6.65. The highest BCUT2D eigenvalue weighted by molar-refractivity contribution is 7.09. The fourth-order valence-electron chi connectivity index (χ4n) is 2.93. The van der Waals surface area contributed by atoms with Crippen molar-refractivity contribution in [2.75, 3.05) is 26.3 Å². The van der Waals surface area contributed by atoms with Gasteiger partial charge in [-0.05, 0) is 32.4 Å². The van der Waals surface area contributed by atoms with Gasteiger partial charge in [0.1, 0.15) is 0 Å². The first-order valence-corrected chi connectivity index (χ1v) is 7.38. The fraction of sp³-hybridized carbons (Fsp3) is 0.769. The average Bonchev–Trinajstić information content (AvgIpc) is 3.04. The van der Waals surface area contributed by atoms with E-state index < -0.39 is 0 Å². The van der Waals surface area contributed by atoms with Crippen molar-refractivity contribution in [1.82, 2.24) is 9.88 Å². The minimum Gasteiger partial charge on any atom is -0.380 e. The number of likely N-dealkylation sites (tertiary alicyclic amines) is 1. The third-order valence-corrected chi connectivity index (χ3v) is 5.35. The lowest BCUT2D eigenvalue weighted by Crippen LogP contribution is -2.46. The summed E-state index contributed by atoms with van der Waals surface area (Å²) in [5, 5.41) is 3.41. The van der Waals surface area contributed by atoms with Gasteiger partial charge in [-0.3, -0.25) is 4.90 Å². The molecule has 3 heterocycles. The number of thiazole rings is 1. The van der Waals surface area contributed by atoms with Gasteiger partial charge in [-0.1, -0.05) is 6.92 Å². The van der Waals surface area contributed by atoms with Crippen LogP contribution in [0, 0.1) is 0 Å². The predicted octanol–water partition coefficient (Wildman–Crippen LogP) is 2.29. The fourth-order valence-corrected chi connectivity index (χ4v) is 3.79. The molecule has 2 saturated heterocycles. The van der Waals surface area contributed by atoms with Crippen LogP contribution in [-0.2, 0) is 10.2 Å². The van der Waals surface area contributed by atoms with Gasteiger partial charge in [-0.2, -0.15) is 0 Å². The topological polar surface area (TPSA) is 25.4 Å². The van der Waals surface area contributed by atoms with Crippen LogP contribution in [-0.4, -0.2) is 42.2 Å². The molecule has 94 valence electrons. The number of rotatable bonds is 2. The van der Waals surface area contributed by atoms with Crippen molar-refractivity contribution in [3.63, 3.8) is 0 Å². The quantitative estimate of drug-likeness (QED) is 0.807. The second kappa shape index (κ2) is 4.67. The van der Waals surface area contributed by atoms with E-state index in [1.165, 1.54) is 37.4 Å². The Balaban J connectivity index is 1.63.